The molecule has 1 aromatic carbocycles. The molecule has 0 bridgehead atoms. The molecule has 2 aromatic rings. The van der Waals surface area contributed by atoms with Gasteiger partial charge in [-0.05, 0) is 37.5 Å². The Morgan fingerprint density at radius 3 is 2.14 bits per heavy atom. The molecule has 1 unspecified atom stereocenters. The molecule has 2 nitrogen and oxygen atoms in total. The topological polar surface area (TPSA) is 24.9 Å². The summed E-state index contributed by atoms with van der Waals surface area (Å²) in [5, 5.41) is 2.47. The van der Waals surface area contributed by atoms with Crippen LogP contribution in [-0.2, 0) is 0 Å². The average molecular weight is 298 g/mol. The third kappa shape index (κ3) is 2.84. The Balaban J connectivity index is 2.41. The van der Waals surface area contributed by atoms with E-state index in [1.165, 1.54) is 0 Å². The van der Waals surface area contributed by atoms with Crippen LogP contribution in [0.5, 0.6) is 0 Å². The Morgan fingerprint density at radius 2 is 1.57 bits per heavy atom. The Bertz CT molecular complexity index is 660. The van der Waals surface area contributed by atoms with Gasteiger partial charge in [-0.3, -0.25) is 0 Å². The highest BCUT2D eigenvalue weighted by Crippen LogP contribution is 2.28. The van der Waals surface area contributed by atoms with Crippen molar-refractivity contribution < 1.29 is 17.6 Å². The first-order valence-electron chi connectivity index (χ1n) is 6.35. The van der Waals surface area contributed by atoms with E-state index in [1.807, 2.05) is 19.9 Å². The highest BCUT2D eigenvalue weighted by molar-refractivity contribution is 5.48. The molecule has 0 aliphatic carbocycles. The molecule has 1 atom stereocenters. The van der Waals surface area contributed by atoms with Crippen molar-refractivity contribution in [3.05, 3.63) is 58.4 Å². The van der Waals surface area contributed by atoms with Gasteiger partial charge in [0.2, 0.25) is 11.6 Å². The molecular formula is C15H14F4N2. The number of benzene rings is 1. The lowest BCUT2D eigenvalue weighted by molar-refractivity contribution is 0.410. The largest absolute Gasteiger partial charge is 0.373 e. The first-order chi connectivity index (χ1) is 9.82. The number of anilines is 1. The monoisotopic (exact) mass is 298 g/mol. The van der Waals surface area contributed by atoms with Crippen molar-refractivity contribution in [1.29, 1.82) is 0 Å². The highest BCUT2D eigenvalue weighted by Gasteiger charge is 2.22. The van der Waals surface area contributed by atoms with Crippen LogP contribution in [0.3, 0.4) is 0 Å². The van der Waals surface area contributed by atoms with E-state index in [0.717, 1.165) is 16.7 Å². The third-order valence-electron chi connectivity index (χ3n) is 3.47. The van der Waals surface area contributed by atoms with Crippen LogP contribution in [0.2, 0.25) is 0 Å². The molecule has 0 fully saturated rings. The zero-order valence-corrected chi connectivity index (χ0v) is 11.8. The summed E-state index contributed by atoms with van der Waals surface area (Å²) in [5.41, 5.74) is 1.88. The van der Waals surface area contributed by atoms with Crippen LogP contribution >= 0.6 is 0 Å². The van der Waals surface area contributed by atoms with E-state index in [4.69, 9.17) is 0 Å². The molecule has 1 N–H and O–H groups in total. The van der Waals surface area contributed by atoms with Gasteiger partial charge in [0.15, 0.2) is 0 Å². The van der Waals surface area contributed by atoms with Gasteiger partial charge in [0.25, 0.3) is 11.9 Å². The molecule has 112 valence electrons. The van der Waals surface area contributed by atoms with Crippen LogP contribution in [0, 0.1) is 37.4 Å². The van der Waals surface area contributed by atoms with Crippen molar-refractivity contribution in [3.63, 3.8) is 0 Å². The molecule has 0 saturated carbocycles. The maximum absolute atomic E-state index is 13.6. The Morgan fingerprint density at radius 1 is 1.00 bits per heavy atom. The van der Waals surface area contributed by atoms with Gasteiger partial charge >= 0.3 is 0 Å². The van der Waals surface area contributed by atoms with Crippen LogP contribution in [0.1, 0.15) is 29.7 Å². The summed E-state index contributed by atoms with van der Waals surface area (Å²) in [7, 11) is 0. The maximum Gasteiger partial charge on any atom is 0.253 e. The minimum absolute atomic E-state index is 0.532. The van der Waals surface area contributed by atoms with Gasteiger partial charge in [-0.25, -0.2) is 0 Å². The van der Waals surface area contributed by atoms with Crippen molar-refractivity contribution in [3.8, 4) is 0 Å². The number of halogens is 4. The fraction of sp³-hybridized carbons (Fsp3) is 0.267. The van der Waals surface area contributed by atoms with Crippen molar-refractivity contribution in [2.24, 2.45) is 0 Å². The molecule has 2 rings (SSSR count). The van der Waals surface area contributed by atoms with Crippen molar-refractivity contribution >= 4 is 5.69 Å². The van der Waals surface area contributed by atoms with Crippen LogP contribution in [0.25, 0.3) is 0 Å². The lowest BCUT2D eigenvalue weighted by atomic mass is 9.98. The number of hydrogen-bond acceptors (Lipinski definition) is 2. The summed E-state index contributed by atoms with van der Waals surface area (Å²) in [6.45, 7) is 5.42. The van der Waals surface area contributed by atoms with Gasteiger partial charge in [0, 0.05) is 6.04 Å². The summed E-state index contributed by atoms with van der Waals surface area (Å²) in [6, 6.07) is 4.95. The van der Waals surface area contributed by atoms with Crippen LogP contribution in [-0.4, -0.2) is 4.98 Å². The van der Waals surface area contributed by atoms with Gasteiger partial charge in [-0.1, -0.05) is 18.2 Å². The fourth-order valence-electron chi connectivity index (χ4n) is 2.15. The van der Waals surface area contributed by atoms with Crippen molar-refractivity contribution in [1.82, 2.24) is 4.98 Å². The molecule has 0 radical (unpaired) electrons. The van der Waals surface area contributed by atoms with Gasteiger partial charge in [-0.2, -0.15) is 22.5 Å². The summed E-state index contributed by atoms with van der Waals surface area (Å²) >= 11 is 0. The van der Waals surface area contributed by atoms with E-state index in [9.17, 15) is 17.6 Å². The minimum atomic E-state index is -1.68. The fourth-order valence-corrected chi connectivity index (χ4v) is 2.15. The molecule has 0 aliphatic rings. The molecule has 0 saturated heterocycles. The number of pyridine rings is 1. The molecule has 0 spiro atoms. The van der Waals surface area contributed by atoms with E-state index in [2.05, 4.69) is 10.3 Å². The van der Waals surface area contributed by atoms with Crippen LogP contribution in [0.15, 0.2) is 18.2 Å². The standard InChI is InChI=1S/C15H14F4N2/c1-7-5-4-6-10(8(7)2)9(3)20-13-11(16)14(18)21-15(19)12(13)17/h4-6,9H,1-3H3,(H,20,21). The lowest BCUT2D eigenvalue weighted by Gasteiger charge is -2.19. The second-order valence-electron chi connectivity index (χ2n) is 4.85. The van der Waals surface area contributed by atoms with Gasteiger partial charge in [0.1, 0.15) is 5.69 Å². The summed E-state index contributed by atoms with van der Waals surface area (Å²) in [6.07, 6.45) is 0. The van der Waals surface area contributed by atoms with E-state index in [0.29, 0.717) is 0 Å². The summed E-state index contributed by atoms with van der Waals surface area (Å²) < 4.78 is 53.4. The van der Waals surface area contributed by atoms with E-state index in [-0.39, 0.29) is 0 Å². The number of nitrogens with one attached hydrogen (secondary N) is 1. The molecule has 21 heavy (non-hydrogen) atoms. The second kappa shape index (κ2) is 5.71. The summed E-state index contributed by atoms with van der Waals surface area (Å²) in [4.78, 5) is 2.52. The minimum Gasteiger partial charge on any atom is -0.373 e. The molecule has 0 aliphatic heterocycles. The number of nitrogens with zero attached hydrogens (tertiary/aromatic N) is 1. The second-order valence-corrected chi connectivity index (χ2v) is 4.85. The first kappa shape index (κ1) is 15.3. The Labute approximate surface area is 119 Å². The van der Waals surface area contributed by atoms with Crippen LogP contribution in [0.4, 0.5) is 23.2 Å². The first-order valence-corrected chi connectivity index (χ1v) is 6.35. The normalized spacial score (nSPS) is 12.3. The van der Waals surface area contributed by atoms with Gasteiger partial charge in [-0.15, -0.1) is 0 Å². The van der Waals surface area contributed by atoms with Gasteiger partial charge in [0.05, 0.1) is 0 Å². The van der Waals surface area contributed by atoms with Crippen molar-refractivity contribution in [2.45, 2.75) is 26.8 Å². The molecule has 1 aromatic heterocycles. The number of hydrogen-bond donors (Lipinski definition) is 1. The lowest BCUT2D eigenvalue weighted by Crippen LogP contribution is -2.14. The van der Waals surface area contributed by atoms with E-state index >= 15 is 0 Å². The highest BCUT2D eigenvalue weighted by atomic mass is 19.2. The average Bonchev–Trinajstić information content (AvgIpc) is 2.44. The number of aryl methyl sites for hydroxylation is 1. The van der Waals surface area contributed by atoms with E-state index < -0.39 is 35.3 Å². The van der Waals surface area contributed by atoms with E-state index in [1.54, 1.807) is 19.1 Å². The number of rotatable bonds is 3. The maximum atomic E-state index is 13.6. The number of aromatic nitrogens is 1. The van der Waals surface area contributed by atoms with Crippen molar-refractivity contribution in [2.75, 3.05) is 5.32 Å². The Kier molecular flexibility index (Phi) is 4.16. The molecule has 0 amide bonds. The zero-order valence-electron chi connectivity index (χ0n) is 11.8. The smallest absolute Gasteiger partial charge is 0.253 e. The molecular weight excluding hydrogens is 284 g/mol. The molecule has 6 heteroatoms. The third-order valence-corrected chi connectivity index (χ3v) is 3.47. The van der Waals surface area contributed by atoms with Gasteiger partial charge < -0.3 is 5.32 Å². The van der Waals surface area contributed by atoms with Crippen LogP contribution < -0.4 is 5.32 Å². The Hall–Kier alpha value is -2.11. The predicted molar refractivity (Wildman–Crippen MR) is 72.0 cm³/mol. The summed E-state index contributed by atoms with van der Waals surface area (Å²) in [5.74, 6) is -6.42. The quantitative estimate of drug-likeness (QED) is 0.670. The SMILES string of the molecule is Cc1cccc(C(C)Nc2c(F)c(F)nc(F)c2F)c1C. The molecule has 1 heterocycles. The predicted octanol–water partition coefficient (Wildman–Crippen LogP) is 4.43. The zero-order chi connectivity index (χ0) is 15.7.